The lowest BCUT2D eigenvalue weighted by Crippen LogP contribution is -2.36. The molecule has 1 N–H and O–H groups in total. The van der Waals surface area contributed by atoms with Crippen molar-refractivity contribution in [1.29, 1.82) is 0 Å². The standard InChI is InChI=1S/C15H19NO5/c1-16(9-10-5-3-4-6-11(10)20-2)14(17)12-7-8-13(21-12)15(18)19/h3-6,12-13H,7-9H2,1-2H3,(H,18,19). The molecule has 6 heteroatoms. The third-order valence-corrected chi connectivity index (χ3v) is 3.55. The Labute approximate surface area is 123 Å². The number of carboxylic acids is 1. The topological polar surface area (TPSA) is 76.1 Å². The van der Waals surface area contributed by atoms with Crippen LogP contribution < -0.4 is 4.74 Å². The van der Waals surface area contributed by atoms with Crippen LogP contribution in [0, 0.1) is 0 Å². The molecule has 2 unspecified atom stereocenters. The maximum Gasteiger partial charge on any atom is 0.332 e. The fraction of sp³-hybridized carbons (Fsp3) is 0.467. The van der Waals surface area contributed by atoms with Crippen LogP contribution in [0.1, 0.15) is 18.4 Å². The zero-order chi connectivity index (χ0) is 15.4. The number of rotatable bonds is 5. The van der Waals surface area contributed by atoms with Crippen LogP contribution >= 0.6 is 0 Å². The summed E-state index contributed by atoms with van der Waals surface area (Å²) in [6, 6.07) is 7.46. The molecule has 0 bridgehead atoms. The number of methoxy groups -OCH3 is 1. The predicted octanol–water partition coefficient (Wildman–Crippen LogP) is 1.29. The minimum atomic E-state index is -1.02. The number of hydrogen-bond acceptors (Lipinski definition) is 4. The summed E-state index contributed by atoms with van der Waals surface area (Å²) in [6.07, 6.45) is -0.746. The van der Waals surface area contributed by atoms with Crippen LogP contribution in [-0.2, 0) is 20.9 Å². The SMILES string of the molecule is COc1ccccc1CN(C)C(=O)C1CCC(C(=O)O)O1. The number of ether oxygens (including phenoxy) is 2. The lowest BCUT2D eigenvalue weighted by atomic mass is 10.1. The third-order valence-electron chi connectivity index (χ3n) is 3.55. The van der Waals surface area contributed by atoms with Crippen molar-refractivity contribution in [3.8, 4) is 5.75 Å². The van der Waals surface area contributed by atoms with Gasteiger partial charge in [0, 0.05) is 19.2 Å². The average molecular weight is 293 g/mol. The highest BCUT2D eigenvalue weighted by Gasteiger charge is 2.36. The Bertz CT molecular complexity index is 531. The zero-order valence-corrected chi connectivity index (χ0v) is 12.1. The normalized spacial score (nSPS) is 21.0. The van der Waals surface area contributed by atoms with Crippen molar-refractivity contribution < 1.29 is 24.2 Å². The fourth-order valence-electron chi connectivity index (χ4n) is 2.41. The molecule has 0 spiro atoms. The van der Waals surface area contributed by atoms with Crippen LogP contribution in [-0.4, -0.2) is 48.2 Å². The van der Waals surface area contributed by atoms with Crippen molar-refractivity contribution in [3.63, 3.8) is 0 Å². The van der Waals surface area contributed by atoms with Gasteiger partial charge in [-0.15, -0.1) is 0 Å². The molecule has 0 aromatic heterocycles. The molecule has 1 aliphatic rings. The summed E-state index contributed by atoms with van der Waals surface area (Å²) in [5, 5.41) is 8.89. The van der Waals surface area contributed by atoms with Gasteiger partial charge in [-0.2, -0.15) is 0 Å². The maximum atomic E-state index is 12.3. The molecule has 114 valence electrons. The number of carbonyl (C=O) groups is 2. The van der Waals surface area contributed by atoms with E-state index in [4.69, 9.17) is 14.6 Å². The molecule has 1 aromatic rings. The van der Waals surface area contributed by atoms with Crippen molar-refractivity contribution in [2.75, 3.05) is 14.2 Å². The first-order valence-corrected chi connectivity index (χ1v) is 6.78. The van der Waals surface area contributed by atoms with Crippen molar-refractivity contribution in [3.05, 3.63) is 29.8 Å². The number of likely N-dealkylation sites (N-methyl/N-ethyl adjacent to an activating group) is 1. The Morgan fingerprint density at radius 3 is 2.62 bits per heavy atom. The van der Waals surface area contributed by atoms with Gasteiger partial charge in [0.05, 0.1) is 7.11 Å². The highest BCUT2D eigenvalue weighted by Crippen LogP contribution is 2.23. The van der Waals surface area contributed by atoms with Gasteiger partial charge in [-0.1, -0.05) is 18.2 Å². The summed E-state index contributed by atoms with van der Waals surface area (Å²) >= 11 is 0. The Kier molecular flexibility index (Phi) is 4.80. The average Bonchev–Trinajstić information content (AvgIpc) is 2.97. The van der Waals surface area contributed by atoms with Crippen LogP contribution in [0.25, 0.3) is 0 Å². The number of para-hydroxylation sites is 1. The van der Waals surface area contributed by atoms with Crippen LogP contribution in [0.15, 0.2) is 24.3 Å². The monoisotopic (exact) mass is 293 g/mol. The van der Waals surface area contributed by atoms with Crippen LogP contribution in [0.2, 0.25) is 0 Å². The van der Waals surface area contributed by atoms with Gasteiger partial charge in [-0.25, -0.2) is 4.79 Å². The Hall–Kier alpha value is -2.08. The minimum absolute atomic E-state index is 0.204. The molecule has 2 atom stereocenters. The van der Waals surface area contributed by atoms with Gasteiger partial charge in [0.1, 0.15) is 11.9 Å². The second-order valence-corrected chi connectivity index (χ2v) is 5.04. The molecular formula is C15H19NO5. The molecule has 0 saturated carbocycles. The van der Waals surface area contributed by atoms with E-state index in [0.29, 0.717) is 25.1 Å². The Balaban J connectivity index is 1.99. The fourth-order valence-corrected chi connectivity index (χ4v) is 2.41. The van der Waals surface area contributed by atoms with Crippen molar-refractivity contribution in [2.45, 2.75) is 31.6 Å². The van der Waals surface area contributed by atoms with Gasteiger partial charge < -0.3 is 19.5 Å². The first kappa shape index (κ1) is 15.3. The van der Waals surface area contributed by atoms with Crippen LogP contribution in [0.4, 0.5) is 0 Å². The van der Waals surface area contributed by atoms with Gasteiger partial charge in [0.25, 0.3) is 5.91 Å². The number of aliphatic carboxylic acids is 1. The number of hydrogen-bond donors (Lipinski definition) is 1. The highest BCUT2D eigenvalue weighted by atomic mass is 16.5. The van der Waals surface area contributed by atoms with Crippen LogP contribution in [0.5, 0.6) is 5.75 Å². The highest BCUT2D eigenvalue weighted by molar-refractivity contribution is 5.82. The molecule has 1 aliphatic heterocycles. The summed E-state index contributed by atoms with van der Waals surface area (Å²) in [5.74, 6) is -0.504. The lowest BCUT2D eigenvalue weighted by Gasteiger charge is -2.22. The first-order chi connectivity index (χ1) is 10.0. The van der Waals surface area contributed by atoms with E-state index < -0.39 is 18.2 Å². The minimum Gasteiger partial charge on any atom is -0.496 e. The number of carbonyl (C=O) groups excluding carboxylic acids is 1. The van der Waals surface area contributed by atoms with Gasteiger partial charge in [0.15, 0.2) is 6.10 Å². The molecule has 1 amide bonds. The van der Waals surface area contributed by atoms with E-state index in [2.05, 4.69) is 0 Å². The van der Waals surface area contributed by atoms with E-state index in [9.17, 15) is 9.59 Å². The number of nitrogens with zero attached hydrogens (tertiary/aromatic N) is 1. The lowest BCUT2D eigenvalue weighted by molar-refractivity contribution is -0.154. The molecule has 1 fully saturated rings. The van der Waals surface area contributed by atoms with Crippen molar-refractivity contribution in [2.24, 2.45) is 0 Å². The molecule has 1 aromatic carbocycles. The maximum absolute atomic E-state index is 12.3. The summed E-state index contributed by atoms with van der Waals surface area (Å²) in [4.78, 5) is 24.7. The zero-order valence-electron chi connectivity index (χ0n) is 12.1. The molecule has 1 heterocycles. The summed E-state index contributed by atoms with van der Waals surface area (Å²) in [7, 11) is 3.25. The molecule has 21 heavy (non-hydrogen) atoms. The molecule has 0 aliphatic carbocycles. The second-order valence-electron chi connectivity index (χ2n) is 5.04. The van der Waals surface area contributed by atoms with Gasteiger partial charge in [-0.3, -0.25) is 4.79 Å². The van der Waals surface area contributed by atoms with Gasteiger partial charge in [0.2, 0.25) is 0 Å². The molecule has 6 nitrogen and oxygen atoms in total. The predicted molar refractivity (Wildman–Crippen MR) is 75.0 cm³/mol. The largest absolute Gasteiger partial charge is 0.496 e. The summed E-state index contributed by atoms with van der Waals surface area (Å²) < 4.78 is 10.5. The van der Waals surface area contributed by atoms with Crippen LogP contribution in [0.3, 0.4) is 0 Å². The van der Waals surface area contributed by atoms with E-state index in [0.717, 1.165) is 5.56 Å². The van der Waals surface area contributed by atoms with Gasteiger partial charge in [-0.05, 0) is 18.9 Å². The molecular weight excluding hydrogens is 274 g/mol. The molecule has 2 rings (SSSR count). The summed E-state index contributed by atoms with van der Waals surface area (Å²) in [5.41, 5.74) is 0.892. The number of benzene rings is 1. The number of amides is 1. The summed E-state index contributed by atoms with van der Waals surface area (Å²) in [6.45, 7) is 0.389. The first-order valence-electron chi connectivity index (χ1n) is 6.78. The molecule has 0 radical (unpaired) electrons. The van der Waals surface area contributed by atoms with E-state index in [-0.39, 0.29) is 5.91 Å². The third kappa shape index (κ3) is 3.52. The second kappa shape index (κ2) is 6.58. The Morgan fingerprint density at radius 1 is 1.33 bits per heavy atom. The Morgan fingerprint density at radius 2 is 2.00 bits per heavy atom. The smallest absolute Gasteiger partial charge is 0.332 e. The van der Waals surface area contributed by atoms with E-state index >= 15 is 0 Å². The number of carboxylic acid groups (broad SMARTS) is 1. The van der Waals surface area contributed by atoms with E-state index in [1.807, 2.05) is 24.3 Å². The van der Waals surface area contributed by atoms with Gasteiger partial charge >= 0.3 is 5.97 Å². The van der Waals surface area contributed by atoms with E-state index in [1.165, 1.54) is 4.90 Å². The van der Waals surface area contributed by atoms with E-state index in [1.54, 1.807) is 14.2 Å². The van der Waals surface area contributed by atoms with Crippen molar-refractivity contribution >= 4 is 11.9 Å². The molecule has 1 saturated heterocycles. The quantitative estimate of drug-likeness (QED) is 0.885. The van der Waals surface area contributed by atoms with Crippen molar-refractivity contribution in [1.82, 2.24) is 4.90 Å².